The molecule has 0 fully saturated rings. The van der Waals surface area contributed by atoms with Crippen LogP contribution in [0.3, 0.4) is 0 Å². The van der Waals surface area contributed by atoms with Crippen molar-refractivity contribution in [2.24, 2.45) is 0 Å². The number of aliphatic hydroxyl groups excluding tert-OH is 1. The van der Waals surface area contributed by atoms with Crippen molar-refractivity contribution in [2.45, 2.75) is 19.4 Å². The van der Waals surface area contributed by atoms with Crippen molar-refractivity contribution in [3.05, 3.63) is 82.9 Å². The minimum Gasteiger partial charge on any atom is -0.388 e. The van der Waals surface area contributed by atoms with Gasteiger partial charge < -0.3 is 10.4 Å². The Labute approximate surface area is 152 Å². The van der Waals surface area contributed by atoms with Gasteiger partial charge in [-0.25, -0.2) is 0 Å². The number of allylic oxidation sites excluding steroid dienone is 1. The number of amides is 1. The Kier molecular flexibility index (Phi) is 5.77. The summed E-state index contributed by atoms with van der Waals surface area (Å²) in [5.74, 6) is -0.324. The summed E-state index contributed by atoms with van der Waals surface area (Å²) in [7, 11) is 0. The van der Waals surface area contributed by atoms with Crippen LogP contribution in [-0.2, 0) is 22.6 Å². The summed E-state index contributed by atoms with van der Waals surface area (Å²) in [6.07, 6.45) is 6.42. The number of ketones is 1. The first-order chi connectivity index (χ1) is 12.7. The van der Waals surface area contributed by atoms with Crippen molar-refractivity contribution in [1.29, 1.82) is 0 Å². The number of hydrogen-bond acceptors (Lipinski definition) is 3. The molecule has 0 saturated heterocycles. The smallest absolute Gasteiger partial charge is 0.224 e. The van der Waals surface area contributed by atoms with Gasteiger partial charge in [-0.05, 0) is 40.3 Å². The third-order valence-corrected chi connectivity index (χ3v) is 4.37. The monoisotopic (exact) mass is 347 g/mol. The van der Waals surface area contributed by atoms with Crippen LogP contribution in [0.5, 0.6) is 0 Å². The molecule has 0 atom stereocenters. The van der Waals surface area contributed by atoms with E-state index in [-0.39, 0.29) is 11.7 Å². The van der Waals surface area contributed by atoms with Gasteiger partial charge in [-0.2, -0.15) is 0 Å². The Morgan fingerprint density at radius 3 is 2.62 bits per heavy atom. The zero-order valence-electron chi connectivity index (χ0n) is 14.4. The van der Waals surface area contributed by atoms with Gasteiger partial charge in [0.1, 0.15) is 6.61 Å². The molecule has 2 aromatic rings. The molecule has 0 aromatic heterocycles. The van der Waals surface area contributed by atoms with Crippen molar-refractivity contribution < 1.29 is 14.7 Å². The van der Waals surface area contributed by atoms with Crippen molar-refractivity contribution in [3.8, 4) is 0 Å². The maximum absolute atomic E-state index is 12.2. The second kappa shape index (κ2) is 8.41. The van der Waals surface area contributed by atoms with Gasteiger partial charge >= 0.3 is 0 Å². The van der Waals surface area contributed by atoms with Gasteiger partial charge in [0.25, 0.3) is 0 Å². The first-order valence-electron chi connectivity index (χ1n) is 8.60. The Morgan fingerprint density at radius 2 is 1.85 bits per heavy atom. The van der Waals surface area contributed by atoms with E-state index in [4.69, 9.17) is 5.11 Å². The third kappa shape index (κ3) is 4.55. The fourth-order valence-electron chi connectivity index (χ4n) is 2.95. The number of carbonyl (C=O) groups is 2. The topological polar surface area (TPSA) is 66.4 Å². The summed E-state index contributed by atoms with van der Waals surface area (Å²) in [4.78, 5) is 23.3. The quantitative estimate of drug-likeness (QED) is 0.757. The van der Waals surface area contributed by atoms with Gasteiger partial charge in [0.15, 0.2) is 5.78 Å². The van der Waals surface area contributed by atoms with E-state index in [1.165, 1.54) is 17.2 Å². The van der Waals surface area contributed by atoms with E-state index < -0.39 is 6.61 Å². The molecular formula is C22H21NO3. The third-order valence-electron chi connectivity index (χ3n) is 4.37. The Bertz CT molecular complexity index is 863. The molecule has 4 nitrogen and oxygen atoms in total. The van der Waals surface area contributed by atoms with Crippen molar-refractivity contribution in [3.63, 3.8) is 0 Å². The summed E-state index contributed by atoms with van der Waals surface area (Å²) < 4.78 is 0. The average Bonchev–Trinajstić information content (AvgIpc) is 3.08. The minimum absolute atomic E-state index is 0.00506. The number of benzene rings is 2. The standard InChI is InChI=1S/C22H21NO3/c24-15-20(25)12-9-16-5-7-17(8-6-16)14-23-22(26)13-19-11-10-18-3-1-2-4-21(18)19/h1-9,11-12,24H,10,13-15H2,(H,23,26)/b12-9+. The molecule has 0 heterocycles. The molecular weight excluding hydrogens is 326 g/mol. The second-order valence-corrected chi connectivity index (χ2v) is 6.24. The van der Waals surface area contributed by atoms with Gasteiger partial charge in [-0.3, -0.25) is 9.59 Å². The highest BCUT2D eigenvalue weighted by Gasteiger charge is 2.15. The fraction of sp³-hybridized carbons (Fsp3) is 0.182. The van der Waals surface area contributed by atoms with Crippen LogP contribution >= 0.6 is 0 Å². The number of nitrogens with one attached hydrogen (secondary N) is 1. The maximum atomic E-state index is 12.2. The van der Waals surface area contributed by atoms with Gasteiger partial charge in [0.2, 0.25) is 5.91 Å². The zero-order chi connectivity index (χ0) is 18.4. The molecule has 0 saturated carbocycles. The van der Waals surface area contributed by atoms with Gasteiger partial charge in [0, 0.05) is 6.54 Å². The van der Waals surface area contributed by atoms with E-state index in [9.17, 15) is 9.59 Å². The Morgan fingerprint density at radius 1 is 1.08 bits per heavy atom. The van der Waals surface area contributed by atoms with Crippen molar-refractivity contribution in [1.82, 2.24) is 5.32 Å². The number of rotatable bonds is 7. The molecule has 3 rings (SSSR count). The van der Waals surface area contributed by atoms with E-state index in [0.29, 0.717) is 13.0 Å². The Hall–Kier alpha value is -2.98. The molecule has 2 aromatic carbocycles. The van der Waals surface area contributed by atoms with Crippen LogP contribution in [0, 0.1) is 0 Å². The molecule has 1 aliphatic carbocycles. The normalized spacial score (nSPS) is 12.7. The molecule has 132 valence electrons. The van der Waals surface area contributed by atoms with Crippen LogP contribution in [0.15, 0.2) is 60.7 Å². The van der Waals surface area contributed by atoms with Crippen LogP contribution in [0.25, 0.3) is 11.6 Å². The molecule has 26 heavy (non-hydrogen) atoms. The van der Waals surface area contributed by atoms with E-state index in [1.54, 1.807) is 6.08 Å². The van der Waals surface area contributed by atoms with Crippen LogP contribution < -0.4 is 5.32 Å². The lowest BCUT2D eigenvalue weighted by Crippen LogP contribution is -2.22. The number of fused-ring (bicyclic) bond motifs is 1. The molecule has 4 heteroatoms. The SMILES string of the molecule is O=C(/C=C/c1ccc(CNC(=O)CC2=CCc3ccccc32)cc1)CO. The first-order valence-corrected chi connectivity index (χ1v) is 8.60. The molecule has 2 N–H and O–H groups in total. The van der Waals surface area contributed by atoms with Crippen LogP contribution in [0.4, 0.5) is 0 Å². The summed E-state index contributed by atoms with van der Waals surface area (Å²) >= 11 is 0. The molecule has 0 aliphatic heterocycles. The number of carbonyl (C=O) groups excluding carboxylic acids is 2. The molecule has 0 unspecified atom stereocenters. The molecule has 0 radical (unpaired) electrons. The van der Waals surface area contributed by atoms with Crippen molar-refractivity contribution >= 4 is 23.3 Å². The van der Waals surface area contributed by atoms with Crippen LogP contribution in [0.2, 0.25) is 0 Å². The highest BCUT2D eigenvalue weighted by molar-refractivity contribution is 5.94. The van der Waals surface area contributed by atoms with Crippen LogP contribution in [0.1, 0.15) is 28.7 Å². The van der Waals surface area contributed by atoms with Gasteiger partial charge in [0.05, 0.1) is 6.42 Å². The molecule has 0 bridgehead atoms. The lowest BCUT2D eigenvalue weighted by Gasteiger charge is -2.08. The van der Waals surface area contributed by atoms with Crippen molar-refractivity contribution in [2.75, 3.05) is 6.61 Å². The van der Waals surface area contributed by atoms with E-state index in [2.05, 4.69) is 23.5 Å². The maximum Gasteiger partial charge on any atom is 0.224 e. The van der Waals surface area contributed by atoms with E-state index in [1.807, 2.05) is 36.4 Å². The predicted octanol–water partition coefficient (Wildman–Crippen LogP) is 2.91. The summed E-state index contributed by atoms with van der Waals surface area (Å²) in [5, 5.41) is 11.6. The van der Waals surface area contributed by atoms with Crippen LogP contribution in [-0.4, -0.2) is 23.4 Å². The number of aliphatic hydroxyl groups is 1. The lowest BCUT2D eigenvalue weighted by atomic mass is 10.0. The minimum atomic E-state index is -0.485. The fourth-order valence-corrected chi connectivity index (χ4v) is 2.95. The highest BCUT2D eigenvalue weighted by atomic mass is 16.3. The number of hydrogen-bond donors (Lipinski definition) is 2. The summed E-state index contributed by atoms with van der Waals surface area (Å²) in [5.41, 5.74) is 5.40. The predicted molar refractivity (Wildman–Crippen MR) is 102 cm³/mol. The summed E-state index contributed by atoms with van der Waals surface area (Å²) in [6.45, 7) is -0.0190. The lowest BCUT2D eigenvalue weighted by molar-refractivity contribution is -0.120. The molecule has 0 spiro atoms. The molecule has 1 amide bonds. The zero-order valence-corrected chi connectivity index (χ0v) is 14.4. The highest BCUT2D eigenvalue weighted by Crippen LogP contribution is 2.29. The summed E-state index contributed by atoms with van der Waals surface area (Å²) in [6, 6.07) is 15.8. The van der Waals surface area contributed by atoms with E-state index >= 15 is 0 Å². The van der Waals surface area contributed by atoms with Gasteiger partial charge in [-0.1, -0.05) is 60.7 Å². The first kappa shape index (κ1) is 17.8. The molecule has 1 aliphatic rings. The van der Waals surface area contributed by atoms with Gasteiger partial charge in [-0.15, -0.1) is 0 Å². The Balaban J connectivity index is 1.51. The second-order valence-electron chi connectivity index (χ2n) is 6.24. The average molecular weight is 347 g/mol. The largest absolute Gasteiger partial charge is 0.388 e. The van der Waals surface area contributed by atoms with E-state index in [0.717, 1.165) is 23.1 Å².